The second-order valence-corrected chi connectivity index (χ2v) is 12.6. The number of hydrogen-bond donors (Lipinski definition) is 11. The van der Waals surface area contributed by atoms with Crippen LogP contribution in [0.2, 0.25) is 0 Å². The first-order valence-corrected chi connectivity index (χ1v) is 17.7. The maximum absolute atomic E-state index is 13.3. The maximum atomic E-state index is 13.3. The van der Waals surface area contributed by atoms with Gasteiger partial charge < -0.3 is 76.8 Å². The summed E-state index contributed by atoms with van der Waals surface area (Å²) in [6.45, 7) is -0.216. The number of benzene rings is 1. The van der Waals surface area contributed by atoms with Gasteiger partial charge in [-0.2, -0.15) is 0 Å². The highest BCUT2D eigenvalue weighted by atomic mass is 16.7. The number of carboxylic acids is 2. The van der Waals surface area contributed by atoms with E-state index in [4.69, 9.17) is 29.8 Å². The van der Waals surface area contributed by atoms with E-state index >= 15 is 0 Å². The van der Waals surface area contributed by atoms with Gasteiger partial charge in [0, 0.05) is 46.0 Å². The molecule has 1 fully saturated rings. The molecule has 1 aromatic rings. The Kier molecular flexibility index (Phi) is 20.9. The van der Waals surface area contributed by atoms with E-state index in [-0.39, 0.29) is 75.9 Å². The summed E-state index contributed by atoms with van der Waals surface area (Å²) in [5.74, 6) is -6.33. The highest BCUT2D eigenvalue weighted by Gasteiger charge is 2.48. The van der Waals surface area contributed by atoms with Gasteiger partial charge in [0.25, 0.3) is 6.47 Å². The molecule has 1 heterocycles. The Morgan fingerprint density at radius 2 is 1.58 bits per heavy atom. The quantitative estimate of drug-likeness (QED) is 0.0315. The predicted octanol–water partition coefficient (Wildman–Crippen LogP) is -3.81. The Morgan fingerprint density at radius 3 is 2.23 bits per heavy atom. The minimum Gasteiger partial charge on any atom is -0.481 e. The van der Waals surface area contributed by atoms with Gasteiger partial charge in [-0.25, -0.2) is 4.79 Å². The highest BCUT2D eigenvalue weighted by Crippen LogP contribution is 2.31. The third-order valence-corrected chi connectivity index (χ3v) is 8.20. The third-order valence-electron chi connectivity index (χ3n) is 8.20. The molecule has 0 spiro atoms. The topological polar surface area (TPSA) is 361 Å². The number of carboxylic acid groups (broad SMARTS) is 2. The van der Waals surface area contributed by atoms with Crippen molar-refractivity contribution in [3.8, 4) is 5.75 Å². The highest BCUT2D eigenvalue weighted by molar-refractivity contribution is 5.94. The van der Waals surface area contributed by atoms with Crippen molar-refractivity contribution in [1.82, 2.24) is 21.3 Å². The molecule has 12 N–H and O–H groups in total. The number of carbonyl (C=O) groups is 8. The number of rotatable bonds is 26. The van der Waals surface area contributed by atoms with Crippen LogP contribution in [0.15, 0.2) is 18.2 Å². The summed E-state index contributed by atoms with van der Waals surface area (Å²) in [6.07, 6.45) is -10.0. The lowest BCUT2D eigenvalue weighted by Gasteiger charge is -2.38. The zero-order chi connectivity index (χ0) is 42.5. The van der Waals surface area contributed by atoms with Crippen molar-refractivity contribution in [2.75, 3.05) is 38.7 Å². The minimum atomic E-state index is -1.99. The van der Waals surface area contributed by atoms with Crippen molar-refractivity contribution in [3.05, 3.63) is 23.8 Å². The zero-order valence-electron chi connectivity index (χ0n) is 31.0. The van der Waals surface area contributed by atoms with Gasteiger partial charge >= 0.3 is 11.9 Å². The number of aliphatic hydroxyl groups is 3. The molecule has 23 heteroatoms. The van der Waals surface area contributed by atoms with Gasteiger partial charge in [0.15, 0.2) is 6.10 Å². The van der Waals surface area contributed by atoms with E-state index in [9.17, 15) is 58.8 Å². The molecule has 1 aliphatic heterocycles. The molecule has 23 nitrogen and oxygen atoms in total. The molecule has 1 aromatic carbocycles. The van der Waals surface area contributed by atoms with Crippen molar-refractivity contribution in [2.24, 2.45) is 5.73 Å². The number of nitrogens with two attached hydrogens (primary N) is 1. The van der Waals surface area contributed by atoms with Crippen molar-refractivity contribution in [1.29, 1.82) is 0 Å². The summed E-state index contributed by atoms with van der Waals surface area (Å²) in [6, 6.07) is 1.50. The maximum Gasteiger partial charge on any atom is 0.335 e. The number of aliphatic hydroxyl groups excluding tert-OH is 3. The molecule has 1 aliphatic rings. The average Bonchev–Trinajstić information content (AvgIpc) is 3.17. The summed E-state index contributed by atoms with van der Waals surface area (Å²) in [5, 5.41) is 61.3. The fraction of sp³-hybridized carbons (Fsp3) is 0.588. The number of unbranched alkanes of at least 4 members (excludes halogenated alkanes) is 1. The molecule has 0 saturated carbocycles. The van der Waals surface area contributed by atoms with Crippen molar-refractivity contribution < 1.29 is 82.8 Å². The molecular formula is C34H50N6O17. The minimum absolute atomic E-state index is 0.0574. The lowest BCUT2D eigenvalue weighted by atomic mass is 9.99. The molecule has 0 aromatic heterocycles. The van der Waals surface area contributed by atoms with Crippen LogP contribution in [0.4, 0.5) is 5.69 Å². The number of anilines is 1. The molecule has 5 amide bonds. The fourth-order valence-electron chi connectivity index (χ4n) is 5.15. The van der Waals surface area contributed by atoms with E-state index in [2.05, 4.69) is 26.6 Å². The van der Waals surface area contributed by atoms with Crippen molar-refractivity contribution >= 4 is 53.6 Å². The summed E-state index contributed by atoms with van der Waals surface area (Å²) in [7, 11) is 1.46. The van der Waals surface area contributed by atoms with Gasteiger partial charge in [0.1, 0.15) is 42.8 Å². The van der Waals surface area contributed by atoms with Crippen molar-refractivity contribution in [2.45, 2.75) is 94.3 Å². The molecule has 0 bridgehead atoms. The van der Waals surface area contributed by atoms with E-state index in [0.717, 1.165) is 0 Å². The zero-order valence-corrected chi connectivity index (χ0v) is 31.0. The first-order chi connectivity index (χ1) is 27.1. The van der Waals surface area contributed by atoms with Gasteiger partial charge in [-0.15, -0.1) is 0 Å². The van der Waals surface area contributed by atoms with Gasteiger partial charge in [-0.3, -0.25) is 33.6 Å². The summed E-state index contributed by atoms with van der Waals surface area (Å²) in [5.41, 5.74) is 5.93. The molecule has 0 radical (unpaired) electrons. The van der Waals surface area contributed by atoms with Crippen molar-refractivity contribution in [3.63, 3.8) is 0 Å². The van der Waals surface area contributed by atoms with E-state index in [1.54, 1.807) is 0 Å². The molecule has 1 unspecified atom stereocenters. The van der Waals surface area contributed by atoms with Crippen LogP contribution in [0.5, 0.6) is 5.75 Å². The SMILES string of the molecule is COCCC(=O)NCCCC[C@H](NC(=O)C(CN)NC(=O)CCC(=O)O)C(=O)NCCC(=O)Nc1cc(COC=O)ccc1O[C@@H]1O[C@H](C(=O)O)[C@@H](O)[C@H](O)[C@H]1O. The van der Waals surface area contributed by atoms with Gasteiger partial charge in [0.2, 0.25) is 35.8 Å². The molecule has 2 rings (SSSR count). The summed E-state index contributed by atoms with van der Waals surface area (Å²) >= 11 is 0. The normalized spacial score (nSPS) is 19.8. The number of ether oxygens (including phenoxy) is 4. The van der Waals surface area contributed by atoms with E-state index in [0.29, 0.717) is 18.4 Å². The van der Waals surface area contributed by atoms with Crippen LogP contribution in [-0.2, 0) is 59.2 Å². The van der Waals surface area contributed by atoms with Crippen LogP contribution in [0.1, 0.15) is 50.5 Å². The monoisotopic (exact) mass is 814 g/mol. The Labute approximate surface area is 325 Å². The predicted molar refractivity (Wildman–Crippen MR) is 192 cm³/mol. The molecule has 7 atom stereocenters. The Hall–Kier alpha value is -5.46. The van der Waals surface area contributed by atoms with Crippen LogP contribution in [0.25, 0.3) is 0 Å². The fourth-order valence-corrected chi connectivity index (χ4v) is 5.15. The number of carbonyl (C=O) groups excluding carboxylic acids is 6. The third kappa shape index (κ3) is 16.7. The van der Waals surface area contributed by atoms with Crippen LogP contribution < -0.4 is 37.1 Å². The van der Waals surface area contributed by atoms with Crippen LogP contribution in [0, 0.1) is 0 Å². The van der Waals surface area contributed by atoms with Gasteiger partial charge in [0.05, 0.1) is 18.7 Å². The largest absolute Gasteiger partial charge is 0.481 e. The first-order valence-electron chi connectivity index (χ1n) is 17.7. The molecule has 318 valence electrons. The number of aliphatic carboxylic acids is 2. The Balaban J connectivity index is 2.13. The lowest BCUT2D eigenvalue weighted by Crippen LogP contribution is -2.61. The first kappa shape index (κ1) is 47.7. The summed E-state index contributed by atoms with van der Waals surface area (Å²) in [4.78, 5) is 96.5. The standard InChI is InChI=1S/C34H50N6O17/c1-54-13-10-23(42)36-11-3-2-4-19(40-32(51)21(15-35)39-24(43)7-8-26(45)46)31(50)37-12-9-25(44)38-20-14-18(16-55-17-41)5-6-22(20)56-34-29(49)27(47)28(48)30(57-34)33(52)53/h5-6,14,17,19,21,27-30,34,47-49H,2-4,7-13,15-16,35H2,1H3,(H,36,42)(H,37,50)(H,38,44)(H,39,43)(H,40,51)(H,45,46)(H,52,53)/t19-,21?,27-,28-,29+,30-,34+/m0/s1. The van der Waals surface area contributed by atoms with E-state index in [1.165, 1.54) is 25.3 Å². The molecule has 0 aliphatic carbocycles. The number of hydrogen-bond acceptors (Lipinski definition) is 16. The van der Waals surface area contributed by atoms with E-state index < -0.39 is 91.2 Å². The Bertz CT molecular complexity index is 1550. The summed E-state index contributed by atoms with van der Waals surface area (Å²) < 4.78 is 20.4. The van der Waals surface area contributed by atoms with Crippen LogP contribution in [0.3, 0.4) is 0 Å². The van der Waals surface area contributed by atoms with Crippen LogP contribution in [-0.4, -0.2) is 150 Å². The van der Waals surface area contributed by atoms with Gasteiger partial charge in [-0.05, 0) is 37.0 Å². The van der Waals surface area contributed by atoms with Crippen LogP contribution >= 0.6 is 0 Å². The lowest BCUT2D eigenvalue weighted by molar-refractivity contribution is -0.271. The number of nitrogens with one attached hydrogen (secondary N) is 5. The number of methoxy groups -OCH3 is 1. The second-order valence-electron chi connectivity index (χ2n) is 12.6. The second kappa shape index (κ2) is 24.9. The van der Waals surface area contributed by atoms with Gasteiger partial charge in [-0.1, -0.05) is 6.07 Å². The average molecular weight is 815 g/mol. The molecule has 1 saturated heterocycles. The Morgan fingerprint density at radius 1 is 0.842 bits per heavy atom. The molecular weight excluding hydrogens is 764 g/mol. The number of amides is 5. The smallest absolute Gasteiger partial charge is 0.335 e. The van der Waals surface area contributed by atoms with E-state index in [1.807, 2.05) is 0 Å². The molecule has 57 heavy (non-hydrogen) atoms.